The second-order valence-corrected chi connectivity index (χ2v) is 6.24. The van der Waals surface area contributed by atoms with Gasteiger partial charge < -0.3 is 5.32 Å². The van der Waals surface area contributed by atoms with Gasteiger partial charge in [-0.3, -0.25) is 4.68 Å². The lowest BCUT2D eigenvalue weighted by atomic mass is 9.71. The van der Waals surface area contributed by atoms with Gasteiger partial charge in [-0.05, 0) is 30.0 Å². The minimum atomic E-state index is 0.274. The van der Waals surface area contributed by atoms with Crippen LogP contribution in [0.2, 0.25) is 0 Å². The molecule has 0 atom stereocenters. The van der Waals surface area contributed by atoms with Crippen LogP contribution < -0.4 is 5.32 Å². The van der Waals surface area contributed by atoms with Crippen LogP contribution in [0, 0.1) is 0 Å². The van der Waals surface area contributed by atoms with Crippen molar-refractivity contribution in [3.8, 4) is 0 Å². The lowest BCUT2D eigenvalue weighted by Crippen LogP contribution is -2.57. The maximum Gasteiger partial charge on any atom is 0.0521 e. The number of hydrogen-bond acceptors (Lipinski definition) is 2. The normalized spacial score (nSPS) is 17.2. The molecule has 1 aromatic heterocycles. The number of benzene rings is 1. The van der Waals surface area contributed by atoms with Crippen molar-refractivity contribution in [2.75, 3.05) is 13.1 Å². The molecular weight excluding hydrogens is 302 g/mol. The lowest BCUT2D eigenvalue weighted by molar-refractivity contribution is 0.257. The zero-order chi connectivity index (χ0) is 13.3. The van der Waals surface area contributed by atoms with E-state index in [1.807, 2.05) is 17.9 Å². The molecule has 0 radical (unpaired) electrons. The highest BCUT2D eigenvalue weighted by Gasteiger charge is 2.39. The van der Waals surface area contributed by atoms with Crippen LogP contribution in [0.25, 0.3) is 0 Å². The molecule has 2 aromatic rings. The molecule has 0 aliphatic carbocycles. The summed E-state index contributed by atoms with van der Waals surface area (Å²) in [6, 6.07) is 8.59. The van der Waals surface area contributed by atoms with Gasteiger partial charge in [0.25, 0.3) is 0 Å². The minimum absolute atomic E-state index is 0.274. The number of aromatic nitrogens is 2. The van der Waals surface area contributed by atoms with Gasteiger partial charge in [-0.15, -0.1) is 0 Å². The van der Waals surface area contributed by atoms with Crippen molar-refractivity contribution in [1.82, 2.24) is 15.1 Å². The number of nitrogens with zero attached hydrogens (tertiary/aromatic N) is 2. The number of rotatable bonds is 4. The Morgan fingerprint density at radius 2 is 2.16 bits per heavy atom. The van der Waals surface area contributed by atoms with Crippen LogP contribution in [-0.2, 0) is 18.9 Å². The quantitative estimate of drug-likeness (QED) is 0.939. The molecule has 1 aliphatic rings. The molecule has 4 heteroatoms. The molecule has 19 heavy (non-hydrogen) atoms. The van der Waals surface area contributed by atoms with Gasteiger partial charge in [0.15, 0.2) is 0 Å². The molecule has 3 nitrogen and oxygen atoms in total. The average Bonchev–Trinajstić information content (AvgIpc) is 2.76. The Hall–Kier alpha value is -1.13. The molecule has 0 spiro atoms. The van der Waals surface area contributed by atoms with E-state index in [9.17, 15) is 0 Å². The summed E-state index contributed by atoms with van der Waals surface area (Å²) in [5.74, 6) is 0. The standard InChI is InChI=1S/C15H18BrN3/c1-19-9-12(8-18-19)6-7-15(10-17-11-15)13-4-2-3-5-14(13)16/h2-5,8-9,17H,6-7,10-11H2,1H3. The van der Waals surface area contributed by atoms with Crippen LogP contribution in [0.4, 0.5) is 0 Å². The van der Waals surface area contributed by atoms with Crippen molar-refractivity contribution in [1.29, 1.82) is 0 Å². The smallest absolute Gasteiger partial charge is 0.0521 e. The number of halogens is 1. The maximum absolute atomic E-state index is 4.24. The van der Waals surface area contributed by atoms with Gasteiger partial charge in [-0.25, -0.2) is 0 Å². The third-order valence-corrected chi connectivity index (χ3v) is 4.71. The van der Waals surface area contributed by atoms with E-state index >= 15 is 0 Å². The molecule has 0 saturated carbocycles. The SMILES string of the molecule is Cn1cc(CCC2(c3ccccc3Br)CNC2)cn1. The second-order valence-electron chi connectivity index (χ2n) is 5.39. The summed E-state index contributed by atoms with van der Waals surface area (Å²) in [7, 11) is 1.97. The minimum Gasteiger partial charge on any atom is -0.315 e. The molecule has 1 saturated heterocycles. The van der Waals surface area contributed by atoms with Gasteiger partial charge in [-0.1, -0.05) is 34.1 Å². The third-order valence-electron chi connectivity index (χ3n) is 4.02. The van der Waals surface area contributed by atoms with E-state index in [0.29, 0.717) is 0 Å². The fourth-order valence-corrected chi connectivity index (χ4v) is 3.51. The molecule has 3 rings (SSSR count). The van der Waals surface area contributed by atoms with E-state index in [-0.39, 0.29) is 5.41 Å². The highest BCUT2D eigenvalue weighted by atomic mass is 79.9. The molecule has 0 unspecified atom stereocenters. The summed E-state index contributed by atoms with van der Waals surface area (Å²) < 4.78 is 3.10. The van der Waals surface area contributed by atoms with E-state index in [4.69, 9.17) is 0 Å². The van der Waals surface area contributed by atoms with Crippen molar-refractivity contribution < 1.29 is 0 Å². The Kier molecular flexibility index (Phi) is 3.46. The highest BCUT2D eigenvalue weighted by Crippen LogP contribution is 2.37. The number of aryl methyl sites for hydroxylation is 2. The first-order valence-electron chi connectivity index (χ1n) is 6.63. The van der Waals surface area contributed by atoms with E-state index < -0.39 is 0 Å². The molecule has 0 bridgehead atoms. The van der Waals surface area contributed by atoms with E-state index in [2.05, 4.69) is 56.8 Å². The Labute approximate surface area is 122 Å². The third kappa shape index (κ3) is 2.47. The van der Waals surface area contributed by atoms with Gasteiger partial charge in [0.2, 0.25) is 0 Å². The molecule has 1 aromatic carbocycles. The molecule has 0 amide bonds. The van der Waals surface area contributed by atoms with Crippen LogP contribution in [0.1, 0.15) is 17.5 Å². The largest absolute Gasteiger partial charge is 0.315 e. The van der Waals surface area contributed by atoms with Crippen molar-refractivity contribution >= 4 is 15.9 Å². The van der Waals surface area contributed by atoms with Crippen molar-refractivity contribution in [3.05, 3.63) is 52.3 Å². The Balaban J connectivity index is 1.78. The van der Waals surface area contributed by atoms with Crippen molar-refractivity contribution in [2.24, 2.45) is 7.05 Å². The fraction of sp³-hybridized carbons (Fsp3) is 0.400. The molecule has 1 aliphatic heterocycles. The predicted molar refractivity (Wildman–Crippen MR) is 80.2 cm³/mol. The summed E-state index contributed by atoms with van der Waals surface area (Å²) in [6.07, 6.45) is 6.32. The lowest BCUT2D eigenvalue weighted by Gasteiger charge is -2.44. The van der Waals surface area contributed by atoms with Crippen LogP contribution in [0.15, 0.2) is 41.1 Å². The van der Waals surface area contributed by atoms with Gasteiger partial charge in [0, 0.05) is 36.2 Å². The van der Waals surface area contributed by atoms with Gasteiger partial charge in [-0.2, -0.15) is 5.10 Å². The number of hydrogen-bond donors (Lipinski definition) is 1. The Morgan fingerprint density at radius 1 is 1.37 bits per heavy atom. The van der Waals surface area contributed by atoms with E-state index in [1.165, 1.54) is 15.6 Å². The maximum atomic E-state index is 4.24. The molecule has 1 N–H and O–H groups in total. The van der Waals surface area contributed by atoms with E-state index in [1.54, 1.807) is 0 Å². The summed E-state index contributed by atoms with van der Waals surface area (Å²) in [4.78, 5) is 0. The van der Waals surface area contributed by atoms with E-state index in [0.717, 1.165) is 25.9 Å². The van der Waals surface area contributed by atoms with Gasteiger partial charge >= 0.3 is 0 Å². The molecule has 2 heterocycles. The summed E-state index contributed by atoms with van der Waals surface area (Å²) in [6.45, 7) is 2.13. The van der Waals surface area contributed by atoms with Crippen molar-refractivity contribution in [3.63, 3.8) is 0 Å². The van der Waals surface area contributed by atoms with Crippen LogP contribution >= 0.6 is 15.9 Å². The fourth-order valence-electron chi connectivity index (χ4n) is 2.80. The molecular formula is C15H18BrN3. The van der Waals surface area contributed by atoms with Crippen molar-refractivity contribution in [2.45, 2.75) is 18.3 Å². The predicted octanol–water partition coefficient (Wildman–Crippen LogP) is 2.66. The summed E-state index contributed by atoms with van der Waals surface area (Å²) >= 11 is 3.69. The van der Waals surface area contributed by atoms with Crippen LogP contribution in [-0.4, -0.2) is 22.9 Å². The monoisotopic (exact) mass is 319 g/mol. The topological polar surface area (TPSA) is 29.9 Å². The van der Waals surface area contributed by atoms with Crippen LogP contribution in [0.5, 0.6) is 0 Å². The zero-order valence-electron chi connectivity index (χ0n) is 11.1. The highest BCUT2D eigenvalue weighted by molar-refractivity contribution is 9.10. The first kappa shape index (κ1) is 12.9. The molecule has 100 valence electrons. The summed E-state index contributed by atoms with van der Waals surface area (Å²) in [5, 5.41) is 7.67. The average molecular weight is 320 g/mol. The van der Waals surface area contributed by atoms with Gasteiger partial charge in [0.1, 0.15) is 0 Å². The first-order chi connectivity index (χ1) is 9.20. The number of nitrogens with one attached hydrogen (secondary N) is 1. The summed E-state index contributed by atoms with van der Waals surface area (Å²) in [5.41, 5.74) is 3.02. The Bertz CT molecular complexity index is 572. The second kappa shape index (κ2) is 5.10. The first-order valence-corrected chi connectivity index (χ1v) is 7.42. The molecule has 1 fully saturated rings. The van der Waals surface area contributed by atoms with Crippen LogP contribution in [0.3, 0.4) is 0 Å². The zero-order valence-corrected chi connectivity index (χ0v) is 12.7. The van der Waals surface area contributed by atoms with Gasteiger partial charge in [0.05, 0.1) is 6.20 Å². The Morgan fingerprint density at radius 3 is 2.74 bits per heavy atom.